The van der Waals surface area contributed by atoms with E-state index in [1.807, 2.05) is 41.3 Å². The summed E-state index contributed by atoms with van der Waals surface area (Å²) in [7, 11) is 0. The number of thioether (sulfide) groups is 1. The average molecular weight is 485 g/mol. The predicted molar refractivity (Wildman–Crippen MR) is 128 cm³/mol. The number of aromatic nitrogens is 4. The Labute approximate surface area is 201 Å². The van der Waals surface area contributed by atoms with Gasteiger partial charge < -0.3 is 14.5 Å². The minimum absolute atomic E-state index is 0.125. The molecule has 0 N–H and O–H groups in total. The number of benzene rings is 1. The second kappa shape index (κ2) is 10.0. The van der Waals surface area contributed by atoms with E-state index < -0.39 is 0 Å². The fraction of sp³-hybridized carbons (Fsp3) is 0.391. The van der Waals surface area contributed by atoms with E-state index >= 15 is 0 Å². The fourth-order valence-electron chi connectivity index (χ4n) is 3.85. The maximum absolute atomic E-state index is 12.8. The van der Waals surface area contributed by atoms with Crippen molar-refractivity contribution in [1.29, 1.82) is 0 Å². The summed E-state index contributed by atoms with van der Waals surface area (Å²) in [6.07, 6.45) is 3.98. The van der Waals surface area contributed by atoms with Crippen molar-refractivity contribution in [2.45, 2.75) is 30.6 Å². The van der Waals surface area contributed by atoms with Gasteiger partial charge in [0.15, 0.2) is 11.0 Å². The minimum atomic E-state index is 0.125. The summed E-state index contributed by atoms with van der Waals surface area (Å²) in [5, 5.41) is 10.0. The lowest BCUT2D eigenvalue weighted by Crippen LogP contribution is -2.49. The summed E-state index contributed by atoms with van der Waals surface area (Å²) in [4.78, 5) is 21.4. The van der Waals surface area contributed by atoms with Gasteiger partial charge in [0.05, 0.1) is 10.8 Å². The van der Waals surface area contributed by atoms with E-state index in [1.165, 1.54) is 11.8 Å². The molecular formula is C23H25ClN6O2S. The van der Waals surface area contributed by atoms with Crippen LogP contribution in [-0.4, -0.2) is 62.5 Å². The SMILES string of the molecule is O=C(CSc1nnc(COc2ccccc2Cl)n1C1CC1)N1CCN(c2ccccn2)CC1. The number of piperazine rings is 1. The molecule has 33 heavy (non-hydrogen) atoms. The molecule has 10 heteroatoms. The van der Waals surface area contributed by atoms with Crippen LogP contribution < -0.4 is 9.64 Å². The Bertz CT molecular complexity index is 1100. The first-order valence-corrected chi connectivity index (χ1v) is 12.4. The highest BCUT2D eigenvalue weighted by molar-refractivity contribution is 7.99. The summed E-state index contributed by atoms with van der Waals surface area (Å²) < 4.78 is 7.99. The first kappa shape index (κ1) is 22.0. The van der Waals surface area contributed by atoms with Crippen molar-refractivity contribution >= 4 is 35.1 Å². The maximum atomic E-state index is 12.8. The zero-order chi connectivity index (χ0) is 22.6. The largest absolute Gasteiger partial charge is 0.484 e. The molecule has 0 atom stereocenters. The van der Waals surface area contributed by atoms with Gasteiger partial charge in [0.25, 0.3) is 0 Å². The number of anilines is 1. The number of nitrogens with zero attached hydrogens (tertiary/aromatic N) is 6. The van der Waals surface area contributed by atoms with Gasteiger partial charge in [-0.15, -0.1) is 10.2 Å². The van der Waals surface area contributed by atoms with E-state index in [9.17, 15) is 4.79 Å². The summed E-state index contributed by atoms with van der Waals surface area (Å²) in [6, 6.07) is 13.7. The predicted octanol–water partition coefficient (Wildman–Crippen LogP) is 3.68. The Kier molecular flexibility index (Phi) is 6.68. The number of rotatable bonds is 8. The number of amides is 1. The molecule has 2 aromatic heterocycles. The van der Waals surface area contributed by atoms with Crippen LogP contribution in [-0.2, 0) is 11.4 Å². The molecule has 1 aliphatic carbocycles. The monoisotopic (exact) mass is 484 g/mol. The van der Waals surface area contributed by atoms with Crippen LogP contribution in [0.15, 0.2) is 53.8 Å². The maximum Gasteiger partial charge on any atom is 0.233 e. The molecule has 1 aliphatic heterocycles. The number of para-hydroxylation sites is 1. The van der Waals surface area contributed by atoms with Gasteiger partial charge in [-0.25, -0.2) is 4.98 Å². The molecule has 8 nitrogen and oxygen atoms in total. The highest BCUT2D eigenvalue weighted by atomic mass is 35.5. The second-order valence-electron chi connectivity index (χ2n) is 8.06. The summed E-state index contributed by atoms with van der Waals surface area (Å²) in [5.74, 6) is 2.82. The number of ether oxygens (including phenoxy) is 1. The number of halogens is 1. The van der Waals surface area contributed by atoms with E-state index in [1.54, 1.807) is 12.3 Å². The Morgan fingerprint density at radius 2 is 1.85 bits per heavy atom. The van der Waals surface area contributed by atoms with Crippen molar-refractivity contribution < 1.29 is 9.53 Å². The molecule has 1 saturated carbocycles. The molecule has 1 amide bonds. The number of pyridine rings is 1. The van der Waals surface area contributed by atoms with Gasteiger partial charge in [0.2, 0.25) is 5.91 Å². The standard InChI is InChI=1S/C23H25ClN6O2S/c24-18-5-1-2-6-19(18)32-15-21-26-27-23(30(21)17-8-9-17)33-16-22(31)29-13-11-28(12-14-29)20-7-3-4-10-25-20/h1-7,10,17H,8-9,11-16H2. The quantitative estimate of drug-likeness (QED) is 0.451. The van der Waals surface area contributed by atoms with E-state index in [0.717, 1.165) is 42.7 Å². The lowest BCUT2D eigenvalue weighted by atomic mass is 10.3. The van der Waals surface area contributed by atoms with E-state index in [4.69, 9.17) is 16.3 Å². The summed E-state index contributed by atoms with van der Waals surface area (Å²) in [5.41, 5.74) is 0. The topological polar surface area (TPSA) is 76.4 Å². The minimum Gasteiger partial charge on any atom is -0.484 e. The van der Waals surface area contributed by atoms with Gasteiger partial charge in [0.1, 0.15) is 18.2 Å². The first-order valence-electron chi connectivity index (χ1n) is 11.1. The molecule has 172 valence electrons. The van der Waals surface area contributed by atoms with Crippen LogP contribution in [0.5, 0.6) is 5.75 Å². The van der Waals surface area contributed by atoms with Gasteiger partial charge in [-0.3, -0.25) is 9.36 Å². The third-order valence-corrected chi connectivity index (χ3v) is 7.01. The van der Waals surface area contributed by atoms with Crippen LogP contribution in [0, 0.1) is 0 Å². The Hall–Kier alpha value is -2.78. The molecule has 5 rings (SSSR count). The molecule has 3 heterocycles. The van der Waals surface area contributed by atoms with Crippen LogP contribution in [0.3, 0.4) is 0 Å². The van der Waals surface area contributed by atoms with Crippen molar-refractivity contribution in [2.75, 3.05) is 36.8 Å². The number of carbonyl (C=O) groups excluding carboxylic acids is 1. The van der Waals surface area contributed by atoms with Crippen molar-refractivity contribution in [3.05, 3.63) is 59.5 Å². The number of hydrogen-bond acceptors (Lipinski definition) is 7. The van der Waals surface area contributed by atoms with Crippen LogP contribution in [0.4, 0.5) is 5.82 Å². The lowest BCUT2D eigenvalue weighted by molar-refractivity contribution is -0.128. The third-order valence-electron chi connectivity index (χ3n) is 5.77. The third kappa shape index (κ3) is 5.25. The van der Waals surface area contributed by atoms with Crippen molar-refractivity contribution in [2.24, 2.45) is 0 Å². The van der Waals surface area contributed by atoms with E-state index in [-0.39, 0.29) is 12.5 Å². The van der Waals surface area contributed by atoms with Crippen molar-refractivity contribution in [3.63, 3.8) is 0 Å². The fourth-order valence-corrected chi connectivity index (χ4v) is 4.97. The molecule has 0 unspecified atom stereocenters. The molecular weight excluding hydrogens is 460 g/mol. The molecule has 0 radical (unpaired) electrons. The van der Waals surface area contributed by atoms with Crippen molar-refractivity contribution in [3.8, 4) is 5.75 Å². The first-order chi connectivity index (χ1) is 16.2. The average Bonchev–Trinajstić information content (AvgIpc) is 3.62. The van der Waals surface area contributed by atoms with Gasteiger partial charge in [-0.05, 0) is 37.1 Å². The second-order valence-corrected chi connectivity index (χ2v) is 9.41. The number of carbonyl (C=O) groups is 1. The van der Waals surface area contributed by atoms with Crippen LogP contribution in [0.25, 0.3) is 0 Å². The Morgan fingerprint density at radius 1 is 1.06 bits per heavy atom. The van der Waals surface area contributed by atoms with Gasteiger partial charge in [-0.1, -0.05) is 41.6 Å². The van der Waals surface area contributed by atoms with Gasteiger partial charge >= 0.3 is 0 Å². The van der Waals surface area contributed by atoms with Crippen molar-refractivity contribution in [1.82, 2.24) is 24.6 Å². The zero-order valence-corrected chi connectivity index (χ0v) is 19.7. The van der Waals surface area contributed by atoms with E-state index in [0.29, 0.717) is 35.7 Å². The normalized spacial score (nSPS) is 16.2. The molecule has 2 fully saturated rings. The zero-order valence-electron chi connectivity index (χ0n) is 18.1. The molecule has 0 bridgehead atoms. The molecule has 1 aromatic carbocycles. The molecule has 3 aromatic rings. The lowest BCUT2D eigenvalue weighted by Gasteiger charge is -2.35. The smallest absolute Gasteiger partial charge is 0.233 e. The summed E-state index contributed by atoms with van der Waals surface area (Å²) in [6.45, 7) is 3.26. The van der Waals surface area contributed by atoms with E-state index in [2.05, 4.69) is 24.6 Å². The molecule has 0 spiro atoms. The van der Waals surface area contributed by atoms with Gasteiger partial charge in [-0.2, -0.15) is 0 Å². The Morgan fingerprint density at radius 3 is 2.58 bits per heavy atom. The number of hydrogen-bond donors (Lipinski definition) is 0. The van der Waals surface area contributed by atoms with Crippen LogP contribution >= 0.6 is 23.4 Å². The summed E-state index contributed by atoms with van der Waals surface area (Å²) >= 11 is 7.64. The molecule has 2 aliphatic rings. The Balaban J connectivity index is 1.16. The highest BCUT2D eigenvalue weighted by Crippen LogP contribution is 2.39. The van der Waals surface area contributed by atoms with Crippen LogP contribution in [0.2, 0.25) is 5.02 Å². The van der Waals surface area contributed by atoms with Crippen LogP contribution in [0.1, 0.15) is 24.7 Å². The molecule has 1 saturated heterocycles. The highest BCUT2D eigenvalue weighted by Gasteiger charge is 2.30. The van der Waals surface area contributed by atoms with Gasteiger partial charge in [0, 0.05) is 38.4 Å².